The zero-order chi connectivity index (χ0) is 30.1. The molecule has 3 amide bonds. The molecule has 0 spiro atoms. The minimum atomic E-state index is -1.29. The van der Waals surface area contributed by atoms with Crippen LogP contribution in [0.5, 0.6) is 0 Å². The largest absolute Gasteiger partial charge is 0.458 e. The average molecular weight is 550 g/mol. The van der Waals surface area contributed by atoms with Gasteiger partial charge in [0.05, 0.1) is 0 Å². The van der Waals surface area contributed by atoms with Gasteiger partial charge in [-0.25, -0.2) is 9.59 Å². The lowest BCUT2D eigenvalue weighted by Crippen LogP contribution is -2.51. The number of hydrogen-bond donors (Lipinski definition) is 2. The summed E-state index contributed by atoms with van der Waals surface area (Å²) in [6.07, 6.45) is 5.10. The number of hydrogen-bond acceptors (Lipinski definition) is 6. The Labute approximate surface area is 236 Å². The summed E-state index contributed by atoms with van der Waals surface area (Å²) in [6, 6.07) is 16.1. The van der Waals surface area contributed by atoms with E-state index >= 15 is 0 Å². The first-order chi connectivity index (χ1) is 18.6. The molecule has 2 atom stereocenters. The number of benzene rings is 2. The highest BCUT2D eigenvalue weighted by atomic mass is 16.6. The third kappa shape index (κ3) is 10.1. The molecule has 0 saturated heterocycles. The van der Waals surface area contributed by atoms with E-state index in [1.807, 2.05) is 30.3 Å². The Hall–Kier alpha value is -4.32. The third-order valence-electron chi connectivity index (χ3n) is 5.47. The summed E-state index contributed by atoms with van der Waals surface area (Å²) in [5.41, 5.74) is 0.412. The summed E-state index contributed by atoms with van der Waals surface area (Å²) in [4.78, 5) is 53.3. The molecule has 0 aliphatic rings. The van der Waals surface area contributed by atoms with E-state index in [-0.39, 0.29) is 6.42 Å². The van der Waals surface area contributed by atoms with E-state index in [2.05, 4.69) is 16.7 Å². The summed E-state index contributed by atoms with van der Waals surface area (Å²) < 4.78 is 10.8. The zero-order valence-electron chi connectivity index (χ0n) is 24.2. The zero-order valence-corrected chi connectivity index (χ0v) is 24.2. The maximum atomic E-state index is 13.9. The van der Waals surface area contributed by atoms with Gasteiger partial charge >= 0.3 is 12.1 Å². The molecule has 9 nitrogen and oxygen atoms in total. The van der Waals surface area contributed by atoms with Crippen molar-refractivity contribution in [3.63, 3.8) is 0 Å². The Balaban J connectivity index is 2.40. The van der Waals surface area contributed by atoms with Crippen LogP contribution in [0.4, 0.5) is 4.79 Å². The van der Waals surface area contributed by atoms with Crippen LogP contribution in [0, 0.1) is 19.4 Å². The molecular weight excluding hydrogens is 510 g/mol. The van der Waals surface area contributed by atoms with Crippen molar-refractivity contribution in [2.24, 2.45) is 0 Å². The molecular formula is C31H39N3O6. The van der Waals surface area contributed by atoms with Crippen LogP contribution in [0.1, 0.15) is 64.3 Å². The molecule has 40 heavy (non-hydrogen) atoms. The van der Waals surface area contributed by atoms with E-state index in [0.717, 1.165) is 10.5 Å². The first-order valence-corrected chi connectivity index (χ1v) is 13.0. The molecule has 2 aromatic rings. The molecule has 2 N–H and O–H groups in total. The second-order valence-corrected chi connectivity index (χ2v) is 11.3. The van der Waals surface area contributed by atoms with Gasteiger partial charge in [-0.05, 0) is 65.2 Å². The van der Waals surface area contributed by atoms with Gasteiger partial charge in [-0.2, -0.15) is 0 Å². The topological polar surface area (TPSA) is 114 Å². The second kappa shape index (κ2) is 13.7. The number of nitrogens with one attached hydrogen (secondary N) is 2. The molecule has 0 aliphatic carbocycles. The summed E-state index contributed by atoms with van der Waals surface area (Å²) in [5.74, 6) is -2.02. The number of terminal acetylenes is 1. The van der Waals surface area contributed by atoms with Gasteiger partial charge in [0.1, 0.15) is 29.8 Å². The number of nitrogens with zero attached hydrogens (tertiary/aromatic N) is 1. The van der Waals surface area contributed by atoms with E-state index in [4.69, 9.17) is 15.9 Å². The van der Waals surface area contributed by atoms with Gasteiger partial charge in [0.15, 0.2) is 0 Å². The van der Waals surface area contributed by atoms with Crippen LogP contribution in [0.25, 0.3) is 0 Å². The predicted octanol–water partition coefficient (Wildman–Crippen LogP) is 4.05. The van der Waals surface area contributed by atoms with Crippen LogP contribution in [-0.2, 0) is 30.3 Å². The number of amides is 3. The Kier molecular flexibility index (Phi) is 10.9. The first kappa shape index (κ1) is 31.9. The molecule has 0 aliphatic heterocycles. The molecule has 2 aromatic carbocycles. The van der Waals surface area contributed by atoms with Crippen molar-refractivity contribution in [1.29, 1.82) is 0 Å². The van der Waals surface area contributed by atoms with Gasteiger partial charge in [0.25, 0.3) is 5.91 Å². The first-order valence-electron chi connectivity index (χ1n) is 13.0. The Morgan fingerprint density at radius 3 is 2.02 bits per heavy atom. The lowest BCUT2D eigenvalue weighted by molar-refractivity contribution is -0.159. The van der Waals surface area contributed by atoms with E-state index in [0.29, 0.717) is 11.1 Å². The molecule has 0 aromatic heterocycles. The van der Waals surface area contributed by atoms with Crippen LogP contribution < -0.4 is 10.6 Å². The second-order valence-electron chi connectivity index (χ2n) is 11.3. The van der Waals surface area contributed by atoms with Crippen molar-refractivity contribution < 1.29 is 28.7 Å². The van der Waals surface area contributed by atoms with Crippen molar-refractivity contribution in [3.8, 4) is 12.5 Å². The predicted molar refractivity (Wildman–Crippen MR) is 152 cm³/mol. The van der Waals surface area contributed by atoms with Crippen molar-refractivity contribution in [2.45, 2.75) is 78.2 Å². The highest BCUT2D eigenvalue weighted by molar-refractivity contribution is 5.93. The minimum absolute atomic E-state index is 0.159. The number of carbonyl (C=O) groups excluding carboxylic acids is 4. The summed E-state index contributed by atoms with van der Waals surface area (Å²) in [7, 11) is 0. The summed E-state index contributed by atoms with van der Waals surface area (Å²) >= 11 is 0. The monoisotopic (exact) mass is 549 g/mol. The highest BCUT2D eigenvalue weighted by Crippen LogP contribution is 2.25. The fourth-order valence-corrected chi connectivity index (χ4v) is 3.80. The molecule has 0 bridgehead atoms. The molecule has 2 rings (SSSR count). The third-order valence-corrected chi connectivity index (χ3v) is 5.47. The Bertz CT molecular complexity index is 1240. The Morgan fingerprint density at radius 2 is 1.48 bits per heavy atom. The van der Waals surface area contributed by atoms with Crippen molar-refractivity contribution in [3.05, 3.63) is 71.3 Å². The minimum Gasteiger partial charge on any atom is -0.458 e. The Morgan fingerprint density at radius 1 is 0.900 bits per heavy atom. The maximum Gasteiger partial charge on any atom is 0.408 e. The van der Waals surface area contributed by atoms with Gasteiger partial charge in [0, 0.05) is 12.5 Å². The number of rotatable bonds is 9. The quantitative estimate of drug-likeness (QED) is 0.277. The van der Waals surface area contributed by atoms with Crippen molar-refractivity contribution >= 4 is 23.9 Å². The molecule has 214 valence electrons. The average Bonchev–Trinajstić information content (AvgIpc) is 2.84. The lowest BCUT2D eigenvalue weighted by atomic mass is 9.98. The van der Waals surface area contributed by atoms with E-state index in [9.17, 15) is 19.2 Å². The van der Waals surface area contributed by atoms with Gasteiger partial charge < -0.3 is 20.1 Å². The van der Waals surface area contributed by atoms with Gasteiger partial charge in [0.2, 0.25) is 5.91 Å². The van der Waals surface area contributed by atoms with E-state index in [1.165, 1.54) is 0 Å². The normalized spacial score (nSPS) is 12.8. The maximum absolute atomic E-state index is 13.9. The van der Waals surface area contributed by atoms with Crippen LogP contribution in [0.15, 0.2) is 54.6 Å². The van der Waals surface area contributed by atoms with Crippen LogP contribution in [0.3, 0.4) is 0 Å². The van der Waals surface area contributed by atoms with Gasteiger partial charge in [-0.1, -0.05) is 61.0 Å². The SMILES string of the molecule is C#CN(C(=O)CNC(=O)OC(C)(C)C)C(C(=O)NC(Cc1ccccc1)C(=O)OC(C)(C)C)c1ccccc1C. The van der Waals surface area contributed by atoms with Crippen LogP contribution >= 0.6 is 0 Å². The van der Waals surface area contributed by atoms with Gasteiger partial charge in [-0.15, -0.1) is 0 Å². The van der Waals surface area contributed by atoms with Crippen molar-refractivity contribution in [2.75, 3.05) is 6.54 Å². The number of carbonyl (C=O) groups is 4. The molecule has 0 heterocycles. The molecule has 0 fully saturated rings. The highest BCUT2D eigenvalue weighted by Gasteiger charge is 2.35. The van der Waals surface area contributed by atoms with Crippen molar-refractivity contribution in [1.82, 2.24) is 15.5 Å². The van der Waals surface area contributed by atoms with E-state index in [1.54, 1.807) is 72.7 Å². The fraction of sp³-hybridized carbons (Fsp3) is 0.419. The number of aryl methyl sites for hydroxylation is 1. The fourth-order valence-electron chi connectivity index (χ4n) is 3.80. The summed E-state index contributed by atoms with van der Waals surface area (Å²) in [6.45, 7) is 11.6. The molecule has 2 unspecified atom stereocenters. The van der Waals surface area contributed by atoms with Crippen LogP contribution in [0.2, 0.25) is 0 Å². The number of esters is 1. The standard InChI is InChI=1S/C31H39N3O6/c1-9-34(25(35)20-32-29(38)40-31(6,7)8)26(23-18-14-13-15-21(23)2)27(36)33-24(28(37)39-30(3,4)5)19-22-16-11-10-12-17-22/h1,10-18,24,26H,19-20H2,2-8H3,(H,32,38)(H,33,36). The number of alkyl carbamates (subject to hydrolysis) is 1. The van der Waals surface area contributed by atoms with Gasteiger partial charge in [-0.3, -0.25) is 14.5 Å². The summed E-state index contributed by atoms with van der Waals surface area (Å²) in [5, 5.41) is 5.14. The molecule has 0 saturated carbocycles. The number of ether oxygens (including phenoxy) is 2. The van der Waals surface area contributed by atoms with Crippen LogP contribution in [-0.4, -0.2) is 52.6 Å². The molecule has 9 heteroatoms. The van der Waals surface area contributed by atoms with E-state index < -0.39 is 53.7 Å². The molecule has 0 radical (unpaired) electrons. The smallest absolute Gasteiger partial charge is 0.408 e. The lowest BCUT2D eigenvalue weighted by Gasteiger charge is -2.30.